The molecule has 0 unspecified atom stereocenters. The van der Waals surface area contributed by atoms with Gasteiger partial charge in [0.1, 0.15) is 13.2 Å². The molecule has 2 heterocycles. The molecule has 0 radical (unpaired) electrons. The normalized spacial score (nSPS) is 18.1. The van der Waals surface area contributed by atoms with Crippen LogP contribution in [0.4, 0.5) is 11.4 Å². The number of nitrogens with zero attached hydrogens (tertiary/aromatic N) is 1. The largest absolute Gasteiger partial charge is 0.486 e. The molecule has 0 fully saturated rings. The predicted octanol–water partition coefficient (Wildman–Crippen LogP) is 3.67. The maximum atomic E-state index is 5.78. The standard InChI is InChI=1S/C19H22N2O2/c1-19(2)13-20-15-10-17-18(23-9-8-22-17)11-16(15)21(19)12-14-6-4-3-5-7-14/h3-7,10-11,20H,8-9,12-13H2,1-2H3. The van der Waals surface area contributed by atoms with Crippen molar-refractivity contribution in [2.75, 3.05) is 30.0 Å². The van der Waals surface area contributed by atoms with Crippen molar-refractivity contribution in [2.24, 2.45) is 0 Å². The van der Waals surface area contributed by atoms with Gasteiger partial charge in [0, 0.05) is 25.2 Å². The third-order valence-corrected chi connectivity index (χ3v) is 4.58. The van der Waals surface area contributed by atoms with Crippen LogP contribution in [-0.4, -0.2) is 25.3 Å². The zero-order valence-corrected chi connectivity index (χ0v) is 13.6. The molecule has 2 aromatic carbocycles. The van der Waals surface area contributed by atoms with Crippen molar-refractivity contribution >= 4 is 11.4 Å². The average molecular weight is 310 g/mol. The highest BCUT2D eigenvalue weighted by Gasteiger charge is 2.34. The first-order valence-electron chi connectivity index (χ1n) is 8.13. The third kappa shape index (κ3) is 2.58. The number of benzene rings is 2. The van der Waals surface area contributed by atoms with Crippen molar-refractivity contribution in [3.63, 3.8) is 0 Å². The van der Waals surface area contributed by atoms with E-state index in [4.69, 9.17) is 9.47 Å². The molecular formula is C19H22N2O2. The molecule has 4 nitrogen and oxygen atoms in total. The Bertz CT molecular complexity index is 713. The van der Waals surface area contributed by atoms with Crippen LogP contribution in [0.25, 0.3) is 0 Å². The van der Waals surface area contributed by atoms with Gasteiger partial charge in [-0.1, -0.05) is 30.3 Å². The Labute approximate surface area is 137 Å². The molecule has 2 aliphatic rings. The van der Waals surface area contributed by atoms with E-state index >= 15 is 0 Å². The molecule has 0 spiro atoms. The van der Waals surface area contributed by atoms with E-state index < -0.39 is 0 Å². The van der Waals surface area contributed by atoms with Crippen molar-refractivity contribution in [3.8, 4) is 11.5 Å². The summed E-state index contributed by atoms with van der Waals surface area (Å²) < 4.78 is 11.5. The van der Waals surface area contributed by atoms with Gasteiger partial charge in [-0.15, -0.1) is 0 Å². The van der Waals surface area contributed by atoms with Crippen LogP contribution in [0, 0.1) is 0 Å². The molecule has 0 atom stereocenters. The highest BCUT2D eigenvalue weighted by atomic mass is 16.6. The van der Waals surface area contributed by atoms with Crippen LogP contribution in [0.1, 0.15) is 19.4 Å². The van der Waals surface area contributed by atoms with Crippen LogP contribution in [0.15, 0.2) is 42.5 Å². The second-order valence-corrected chi connectivity index (χ2v) is 6.75. The molecule has 0 saturated heterocycles. The smallest absolute Gasteiger partial charge is 0.163 e. The van der Waals surface area contributed by atoms with Gasteiger partial charge in [-0.3, -0.25) is 0 Å². The lowest BCUT2D eigenvalue weighted by atomic mass is 9.96. The van der Waals surface area contributed by atoms with E-state index in [9.17, 15) is 0 Å². The molecular weight excluding hydrogens is 288 g/mol. The van der Waals surface area contributed by atoms with Crippen LogP contribution < -0.4 is 19.7 Å². The van der Waals surface area contributed by atoms with Crippen LogP contribution in [-0.2, 0) is 6.54 Å². The van der Waals surface area contributed by atoms with Gasteiger partial charge >= 0.3 is 0 Å². The minimum atomic E-state index is 0.0204. The number of anilines is 2. The maximum absolute atomic E-state index is 5.78. The molecule has 0 aliphatic carbocycles. The molecule has 2 aromatic rings. The Kier molecular flexibility index (Phi) is 3.33. The molecule has 0 amide bonds. The van der Waals surface area contributed by atoms with Gasteiger partial charge in [-0.05, 0) is 19.4 Å². The Balaban J connectivity index is 1.75. The zero-order chi connectivity index (χ0) is 15.9. The molecule has 120 valence electrons. The van der Waals surface area contributed by atoms with Crippen molar-refractivity contribution < 1.29 is 9.47 Å². The molecule has 23 heavy (non-hydrogen) atoms. The van der Waals surface area contributed by atoms with Crippen LogP contribution >= 0.6 is 0 Å². The van der Waals surface area contributed by atoms with Gasteiger partial charge in [0.2, 0.25) is 0 Å². The van der Waals surface area contributed by atoms with E-state index in [1.165, 1.54) is 11.3 Å². The van der Waals surface area contributed by atoms with Gasteiger partial charge in [-0.2, -0.15) is 0 Å². The van der Waals surface area contributed by atoms with E-state index in [1.807, 2.05) is 0 Å². The second-order valence-electron chi connectivity index (χ2n) is 6.75. The Hall–Kier alpha value is -2.36. The predicted molar refractivity (Wildman–Crippen MR) is 92.6 cm³/mol. The molecule has 2 aliphatic heterocycles. The van der Waals surface area contributed by atoms with Gasteiger partial charge in [0.05, 0.1) is 16.9 Å². The van der Waals surface area contributed by atoms with Crippen LogP contribution in [0.5, 0.6) is 11.5 Å². The van der Waals surface area contributed by atoms with Gasteiger partial charge in [0.15, 0.2) is 11.5 Å². The lowest BCUT2D eigenvalue weighted by Gasteiger charge is -2.46. The fourth-order valence-corrected chi connectivity index (χ4v) is 3.24. The molecule has 4 heteroatoms. The number of hydrogen-bond donors (Lipinski definition) is 1. The van der Waals surface area contributed by atoms with Crippen molar-refractivity contribution in [1.29, 1.82) is 0 Å². The Morgan fingerprint density at radius 1 is 1.04 bits per heavy atom. The summed E-state index contributed by atoms with van der Waals surface area (Å²) in [5.41, 5.74) is 3.62. The number of hydrogen-bond acceptors (Lipinski definition) is 4. The molecule has 0 aromatic heterocycles. The monoisotopic (exact) mass is 310 g/mol. The fraction of sp³-hybridized carbons (Fsp3) is 0.368. The van der Waals surface area contributed by atoms with E-state index in [0.717, 1.165) is 30.3 Å². The van der Waals surface area contributed by atoms with Crippen molar-refractivity contribution in [1.82, 2.24) is 0 Å². The first-order chi connectivity index (χ1) is 11.1. The molecule has 0 bridgehead atoms. The average Bonchev–Trinajstić information content (AvgIpc) is 2.57. The van der Waals surface area contributed by atoms with E-state index in [2.05, 4.69) is 66.5 Å². The van der Waals surface area contributed by atoms with E-state index in [-0.39, 0.29) is 5.54 Å². The number of rotatable bonds is 2. The van der Waals surface area contributed by atoms with Crippen LogP contribution in [0.2, 0.25) is 0 Å². The van der Waals surface area contributed by atoms with Crippen LogP contribution in [0.3, 0.4) is 0 Å². The summed E-state index contributed by atoms with van der Waals surface area (Å²) in [5.74, 6) is 1.68. The lowest BCUT2D eigenvalue weighted by molar-refractivity contribution is 0.171. The molecule has 4 rings (SSSR count). The molecule has 0 saturated carbocycles. The highest BCUT2D eigenvalue weighted by molar-refractivity contribution is 5.78. The summed E-state index contributed by atoms with van der Waals surface area (Å²) in [6, 6.07) is 14.8. The number of fused-ring (bicyclic) bond motifs is 2. The second kappa shape index (κ2) is 5.37. The molecule has 1 N–H and O–H groups in total. The lowest BCUT2D eigenvalue weighted by Crippen LogP contribution is -2.51. The summed E-state index contributed by atoms with van der Waals surface area (Å²) in [4.78, 5) is 2.45. The summed E-state index contributed by atoms with van der Waals surface area (Å²) in [7, 11) is 0. The van der Waals surface area contributed by atoms with E-state index in [0.29, 0.717) is 13.2 Å². The zero-order valence-electron chi connectivity index (χ0n) is 13.6. The van der Waals surface area contributed by atoms with E-state index in [1.54, 1.807) is 0 Å². The summed E-state index contributed by atoms with van der Waals surface area (Å²) in [6.07, 6.45) is 0. The highest BCUT2D eigenvalue weighted by Crippen LogP contribution is 2.44. The fourth-order valence-electron chi connectivity index (χ4n) is 3.24. The number of nitrogens with one attached hydrogen (secondary N) is 1. The summed E-state index contributed by atoms with van der Waals surface area (Å²) in [5, 5.41) is 3.54. The summed E-state index contributed by atoms with van der Waals surface area (Å²) in [6.45, 7) is 7.53. The minimum Gasteiger partial charge on any atom is -0.486 e. The quantitative estimate of drug-likeness (QED) is 0.917. The van der Waals surface area contributed by atoms with Crippen molar-refractivity contribution in [3.05, 3.63) is 48.0 Å². The van der Waals surface area contributed by atoms with Gasteiger partial charge < -0.3 is 19.7 Å². The Morgan fingerprint density at radius 3 is 2.48 bits per heavy atom. The SMILES string of the molecule is CC1(C)CNc2cc3c(cc2N1Cc1ccccc1)OCCO3. The minimum absolute atomic E-state index is 0.0204. The number of ether oxygens (including phenoxy) is 2. The third-order valence-electron chi connectivity index (χ3n) is 4.58. The summed E-state index contributed by atoms with van der Waals surface area (Å²) >= 11 is 0. The van der Waals surface area contributed by atoms with Gasteiger partial charge in [-0.25, -0.2) is 0 Å². The topological polar surface area (TPSA) is 33.7 Å². The van der Waals surface area contributed by atoms with Crippen molar-refractivity contribution in [2.45, 2.75) is 25.9 Å². The first kappa shape index (κ1) is 14.2. The first-order valence-corrected chi connectivity index (χ1v) is 8.13. The Morgan fingerprint density at radius 2 is 1.74 bits per heavy atom. The maximum Gasteiger partial charge on any atom is 0.163 e. The van der Waals surface area contributed by atoms with Gasteiger partial charge in [0.25, 0.3) is 0 Å².